The van der Waals surface area contributed by atoms with E-state index >= 15 is 0 Å². The first kappa shape index (κ1) is 13.2. The van der Waals surface area contributed by atoms with Gasteiger partial charge in [0.15, 0.2) is 23.3 Å². The van der Waals surface area contributed by atoms with E-state index in [1.54, 1.807) is 0 Å². The fraction of sp³-hybridized carbons (Fsp3) is 0.333. The van der Waals surface area contributed by atoms with Crippen molar-refractivity contribution in [3.8, 4) is 0 Å². The molecule has 90 valence electrons. The van der Waals surface area contributed by atoms with E-state index in [1.807, 2.05) is 0 Å². The molecular formula is C9H7ClF5N. The lowest BCUT2D eigenvalue weighted by molar-refractivity contribution is 0.362. The monoisotopic (exact) mass is 259 g/mol. The van der Waals surface area contributed by atoms with E-state index in [9.17, 15) is 22.0 Å². The minimum absolute atomic E-state index is 0. The van der Waals surface area contributed by atoms with Gasteiger partial charge in [-0.15, -0.1) is 12.4 Å². The van der Waals surface area contributed by atoms with Crippen molar-refractivity contribution < 1.29 is 22.0 Å². The first-order valence-corrected chi connectivity index (χ1v) is 4.19. The number of nitrogens with two attached hydrogens (primary N) is 1. The maximum absolute atomic E-state index is 13.1. The molecule has 1 saturated carbocycles. The van der Waals surface area contributed by atoms with Crippen LogP contribution < -0.4 is 5.73 Å². The van der Waals surface area contributed by atoms with Crippen molar-refractivity contribution in [3.63, 3.8) is 0 Å². The quantitative estimate of drug-likeness (QED) is 0.468. The van der Waals surface area contributed by atoms with Crippen LogP contribution in [0.1, 0.15) is 18.4 Å². The molecule has 0 radical (unpaired) electrons. The summed E-state index contributed by atoms with van der Waals surface area (Å²) < 4.78 is 64.4. The number of hydrogen-bond donors (Lipinski definition) is 1. The normalized spacial score (nSPS) is 16.9. The Labute approximate surface area is 93.8 Å². The molecule has 1 aromatic rings. The van der Waals surface area contributed by atoms with Crippen LogP contribution in [0.4, 0.5) is 22.0 Å². The van der Waals surface area contributed by atoms with Crippen LogP contribution in [0.25, 0.3) is 0 Å². The van der Waals surface area contributed by atoms with Gasteiger partial charge in [-0.05, 0) is 12.8 Å². The Bertz CT molecular complexity index is 415. The van der Waals surface area contributed by atoms with Gasteiger partial charge in [-0.1, -0.05) is 0 Å². The van der Waals surface area contributed by atoms with Crippen molar-refractivity contribution in [2.75, 3.05) is 0 Å². The smallest absolute Gasteiger partial charge is 0.200 e. The van der Waals surface area contributed by atoms with Crippen LogP contribution in [0.3, 0.4) is 0 Å². The summed E-state index contributed by atoms with van der Waals surface area (Å²) in [4.78, 5) is 0. The van der Waals surface area contributed by atoms with Crippen LogP contribution in [-0.4, -0.2) is 0 Å². The number of halogens is 6. The highest BCUT2D eigenvalue weighted by Gasteiger charge is 2.46. The van der Waals surface area contributed by atoms with Gasteiger partial charge in [-0.25, -0.2) is 22.0 Å². The number of hydrogen-bond acceptors (Lipinski definition) is 1. The van der Waals surface area contributed by atoms with E-state index in [0.29, 0.717) is 0 Å². The maximum Gasteiger partial charge on any atom is 0.200 e. The summed E-state index contributed by atoms with van der Waals surface area (Å²) in [5.74, 6) is -9.70. The summed E-state index contributed by atoms with van der Waals surface area (Å²) >= 11 is 0. The molecule has 0 spiro atoms. The Morgan fingerprint density at radius 3 is 1.38 bits per heavy atom. The van der Waals surface area contributed by atoms with Gasteiger partial charge in [0.2, 0.25) is 5.82 Å². The van der Waals surface area contributed by atoms with Gasteiger partial charge in [-0.3, -0.25) is 0 Å². The molecular weight excluding hydrogens is 253 g/mol. The highest BCUT2D eigenvalue weighted by atomic mass is 35.5. The predicted octanol–water partition coefficient (Wildman–Crippen LogP) is 2.75. The third kappa shape index (κ3) is 1.66. The molecule has 1 fully saturated rings. The highest BCUT2D eigenvalue weighted by Crippen LogP contribution is 2.46. The Kier molecular flexibility index (Phi) is 3.17. The highest BCUT2D eigenvalue weighted by molar-refractivity contribution is 5.85. The molecule has 2 rings (SSSR count). The van der Waals surface area contributed by atoms with Crippen molar-refractivity contribution in [1.29, 1.82) is 0 Å². The zero-order valence-electron chi connectivity index (χ0n) is 7.79. The van der Waals surface area contributed by atoms with Crippen LogP contribution in [-0.2, 0) is 5.54 Å². The van der Waals surface area contributed by atoms with E-state index < -0.39 is 40.2 Å². The fourth-order valence-corrected chi connectivity index (χ4v) is 1.43. The molecule has 0 unspecified atom stereocenters. The van der Waals surface area contributed by atoms with E-state index in [4.69, 9.17) is 5.73 Å². The molecule has 1 nitrogen and oxygen atoms in total. The van der Waals surface area contributed by atoms with Gasteiger partial charge in [-0.2, -0.15) is 0 Å². The average Bonchev–Trinajstić information content (AvgIpc) is 2.91. The lowest BCUT2D eigenvalue weighted by atomic mass is 10.0. The van der Waals surface area contributed by atoms with Crippen LogP contribution in [0.15, 0.2) is 0 Å². The van der Waals surface area contributed by atoms with Gasteiger partial charge in [0.05, 0.1) is 0 Å². The number of rotatable bonds is 1. The number of benzene rings is 1. The molecule has 0 aromatic heterocycles. The molecule has 16 heavy (non-hydrogen) atoms. The summed E-state index contributed by atoms with van der Waals surface area (Å²) in [5, 5.41) is 0. The van der Waals surface area contributed by atoms with Crippen molar-refractivity contribution in [2.24, 2.45) is 5.73 Å². The molecule has 0 saturated heterocycles. The van der Waals surface area contributed by atoms with Gasteiger partial charge >= 0.3 is 0 Å². The Balaban J connectivity index is 0.00000128. The molecule has 1 aliphatic rings. The average molecular weight is 260 g/mol. The van der Waals surface area contributed by atoms with Crippen molar-refractivity contribution in [3.05, 3.63) is 34.6 Å². The molecule has 7 heteroatoms. The van der Waals surface area contributed by atoms with E-state index in [0.717, 1.165) is 0 Å². The molecule has 0 heterocycles. The van der Waals surface area contributed by atoms with Gasteiger partial charge in [0.1, 0.15) is 0 Å². The molecule has 0 atom stereocenters. The van der Waals surface area contributed by atoms with Crippen molar-refractivity contribution in [2.45, 2.75) is 18.4 Å². The van der Waals surface area contributed by atoms with E-state index in [1.165, 1.54) is 0 Å². The molecule has 0 amide bonds. The summed E-state index contributed by atoms with van der Waals surface area (Å²) in [6.45, 7) is 0. The van der Waals surface area contributed by atoms with E-state index in [-0.39, 0.29) is 25.2 Å². The first-order valence-electron chi connectivity index (χ1n) is 4.19. The van der Waals surface area contributed by atoms with E-state index in [2.05, 4.69) is 0 Å². The minimum Gasteiger partial charge on any atom is -0.321 e. The molecule has 1 aromatic carbocycles. The fourth-order valence-electron chi connectivity index (χ4n) is 1.43. The lowest BCUT2D eigenvalue weighted by Crippen LogP contribution is -2.24. The lowest BCUT2D eigenvalue weighted by Gasteiger charge is -2.13. The van der Waals surface area contributed by atoms with Crippen LogP contribution >= 0.6 is 12.4 Å². The van der Waals surface area contributed by atoms with Gasteiger partial charge in [0, 0.05) is 11.1 Å². The zero-order chi connectivity index (χ0) is 11.4. The third-order valence-electron chi connectivity index (χ3n) is 2.50. The first-order chi connectivity index (χ1) is 6.88. The van der Waals surface area contributed by atoms with Gasteiger partial charge in [0.25, 0.3) is 0 Å². The summed E-state index contributed by atoms with van der Waals surface area (Å²) in [5.41, 5.74) is 3.12. The minimum atomic E-state index is -2.15. The largest absolute Gasteiger partial charge is 0.321 e. The molecule has 0 bridgehead atoms. The molecule has 0 aliphatic heterocycles. The molecule has 2 N–H and O–H groups in total. The second-order valence-corrected chi connectivity index (χ2v) is 3.60. The summed E-state index contributed by atoms with van der Waals surface area (Å²) in [7, 11) is 0. The standard InChI is InChI=1S/C9H6F5N.ClH/c10-4-3(9(15)1-2-9)5(11)7(13)8(14)6(4)12;/h1-2,15H2;1H. The Morgan fingerprint density at radius 2 is 1.06 bits per heavy atom. The molecule has 1 aliphatic carbocycles. The van der Waals surface area contributed by atoms with Crippen molar-refractivity contribution in [1.82, 2.24) is 0 Å². The SMILES string of the molecule is Cl.NC1(c2c(F)c(F)c(F)c(F)c2F)CC1. The summed E-state index contributed by atoms with van der Waals surface area (Å²) in [6.07, 6.45) is 0.427. The maximum atomic E-state index is 13.1. The third-order valence-corrected chi connectivity index (χ3v) is 2.50. The second-order valence-electron chi connectivity index (χ2n) is 3.60. The van der Waals surface area contributed by atoms with Crippen LogP contribution in [0.2, 0.25) is 0 Å². The summed E-state index contributed by atoms with van der Waals surface area (Å²) in [6, 6.07) is 0. The topological polar surface area (TPSA) is 26.0 Å². The van der Waals surface area contributed by atoms with Crippen LogP contribution in [0, 0.1) is 29.1 Å². The Hall–Kier alpha value is -0.880. The van der Waals surface area contributed by atoms with Crippen molar-refractivity contribution >= 4 is 12.4 Å². The van der Waals surface area contributed by atoms with Gasteiger partial charge < -0.3 is 5.73 Å². The second kappa shape index (κ2) is 3.85. The predicted molar refractivity (Wildman–Crippen MR) is 48.6 cm³/mol. The van der Waals surface area contributed by atoms with Crippen LogP contribution in [0.5, 0.6) is 0 Å². The Morgan fingerprint density at radius 1 is 0.750 bits per heavy atom. The zero-order valence-corrected chi connectivity index (χ0v) is 8.61.